The molecule has 1 aliphatic heterocycles. The zero-order chi connectivity index (χ0) is 12.4. The molecule has 0 bridgehead atoms. The van der Waals surface area contributed by atoms with Crippen molar-refractivity contribution in [2.24, 2.45) is 0 Å². The van der Waals surface area contributed by atoms with Crippen LogP contribution in [0.4, 0.5) is 6.01 Å². The van der Waals surface area contributed by atoms with Crippen molar-refractivity contribution in [2.75, 3.05) is 11.9 Å². The number of carbonyl (C=O) groups excluding carboxylic acids is 1. The molecule has 0 radical (unpaired) electrons. The van der Waals surface area contributed by atoms with Crippen molar-refractivity contribution in [1.82, 2.24) is 15.5 Å². The first-order chi connectivity index (χ1) is 8.83. The van der Waals surface area contributed by atoms with Crippen molar-refractivity contribution in [3.63, 3.8) is 0 Å². The summed E-state index contributed by atoms with van der Waals surface area (Å²) in [4.78, 5) is 12.4. The lowest BCUT2D eigenvalue weighted by atomic mass is 10.2. The summed E-state index contributed by atoms with van der Waals surface area (Å²) in [5, 5.41) is 15.5. The molecule has 7 heteroatoms. The van der Waals surface area contributed by atoms with Crippen molar-refractivity contribution >= 4 is 23.3 Å². The lowest BCUT2D eigenvalue weighted by Gasteiger charge is -2.02. The average Bonchev–Trinajstić information content (AvgIpc) is 3.12. The number of aromatic nitrogens is 2. The number of nitrogens with zero attached hydrogens (tertiary/aromatic N) is 2. The van der Waals surface area contributed by atoms with Gasteiger partial charge in [0.05, 0.1) is 10.9 Å². The van der Waals surface area contributed by atoms with Crippen LogP contribution in [-0.4, -0.2) is 22.6 Å². The molecule has 2 aromatic heterocycles. The Kier molecular flexibility index (Phi) is 3.07. The van der Waals surface area contributed by atoms with Gasteiger partial charge in [-0.2, -0.15) is 0 Å². The maximum Gasteiger partial charge on any atom is 0.322 e. The minimum Gasteiger partial charge on any atom is -0.406 e. The minimum atomic E-state index is -0.223. The van der Waals surface area contributed by atoms with Gasteiger partial charge in [-0.3, -0.25) is 10.1 Å². The molecule has 1 amide bonds. The molecule has 1 atom stereocenters. The molecule has 3 rings (SSSR count). The second-order valence-electron chi connectivity index (χ2n) is 4.03. The highest BCUT2D eigenvalue weighted by molar-refractivity contribution is 7.12. The highest BCUT2D eigenvalue weighted by atomic mass is 32.1. The third-order valence-corrected chi connectivity index (χ3v) is 3.63. The molecule has 1 unspecified atom stereocenters. The second-order valence-corrected chi connectivity index (χ2v) is 4.97. The Morgan fingerprint density at radius 1 is 1.56 bits per heavy atom. The number of rotatable bonds is 3. The average molecular weight is 264 g/mol. The molecule has 1 aliphatic rings. The Morgan fingerprint density at radius 3 is 3.22 bits per heavy atom. The van der Waals surface area contributed by atoms with Crippen LogP contribution in [0.5, 0.6) is 0 Å². The lowest BCUT2D eigenvalue weighted by molar-refractivity contribution is 0.102. The van der Waals surface area contributed by atoms with Gasteiger partial charge < -0.3 is 9.73 Å². The predicted octanol–water partition coefficient (Wildman–Crippen LogP) is 1.81. The van der Waals surface area contributed by atoms with Crippen molar-refractivity contribution in [1.29, 1.82) is 0 Å². The maximum absolute atomic E-state index is 11.8. The van der Waals surface area contributed by atoms with Crippen LogP contribution in [0.3, 0.4) is 0 Å². The fourth-order valence-electron chi connectivity index (χ4n) is 1.89. The highest BCUT2D eigenvalue weighted by Gasteiger charge is 2.22. The van der Waals surface area contributed by atoms with Crippen LogP contribution in [-0.2, 0) is 0 Å². The molecule has 94 valence electrons. The standard InChI is InChI=1S/C11H12N4O2S/c16-9(8-4-2-6-18-8)13-11-15-14-10(17-11)7-3-1-5-12-7/h2,4,6-7,12H,1,3,5H2,(H,13,15,16). The van der Waals surface area contributed by atoms with Gasteiger partial charge in [0.15, 0.2) is 0 Å². The van der Waals surface area contributed by atoms with Crippen LogP contribution in [0.15, 0.2) is 21.9 Å². The van der Waals surface area contributed by atoms with E-state index in [4.69, 9.17) is 4.42 Å². The molecule has 2 aromatic rings. The van der Waals surface area contributed by atoms with E-state index in [1.165, 1.54) is 11.3 Å². The summed E-state index contributed by atoms with van der Waals surface area (Å²) in [6.07, 6.45) is 2.09. The van der Waals surface area contributed by atoms with E-state index in [0.29, 0.717) is 10.8 Å². The Bertz CT molecular complexity index is 531. The van der Waals surface area contributed by atoms with Gasteiger partial charge >= 0.3 is 6.01 Å². The molecule has 0 saturated carbocycles. The van der Waals surface area contributed by atoms with Crippen molar-refractivity contribution < 1.29 is 9.21 Å². The van der Waals surface area contributed by atoms with E-state index in [-0.39, 0.29) is 18.0 Å². The van der Waals surface area contributed by atoms with E-state index >= 15 is 0 Å². The highest BCUT2D eigenvalue weighted by Crippen LogP contribution is 2.23. The molecule has 2 N–H and O–H groups in total. The number of amides is 1. The van der Waals surface area contributed by atoms with Crippen molar-refractivity contribution in [3.05, 3.63) is 28.3 Å². The van der Waals surface area contributed by atoms with E-state index < -0.39 is 0 Å². The summed E-state index contributed by atoms with van der Waals surface area (Å²) in [6.45, 7) is 0.962. The topological polar surface area (TPSA) is 80.0 Å². The monoisotopic (exact) mass is 264 g/mol. The largest absolute Gasteiger partial charge is 0.406 e. The zero-order valence-electron chi connectivity index (χ0n) is 9.55. The Morgan fingerprint density at radius 2 is 2.50 bits per heavy atom. The van der Waals surface area contributed by atoms with Gasteiger partial charge in [-0.25, -0.2) is 0 Å². The fraction of sp³-hybridized carbons (Fsp3) is 0.364. The molecule has 0 spiro atoms. The number of carbonyl (C=O) groups is 1. The Balaban J connectivity index is 1.68. The predicted molar refractivity (Wildman–Crippen MR) is 66.5 cm³/mol. The number of thiophene rings is 1. The maximum atomic E-state index is 11.8. The van der Waals surface area contributed by atoms with E-state index in [2.05, 4.69) is 20.8 Å². The summed E-state index contributed by atoms with van der Waals surface area (Å²) in [5.74, 6) is 0.313. The smallest absolute Gasteiger partial charge is 0.322 e. The van der Waals surface area contributed by atoms with Gasteiger partial charge in [-0.1, -0.05) is 11.2 Å². The summed E-state index contributed by atoms with van der Waals surface area (Å²) < 4.78 is 5.42. The first-order valence-corrected chi connectivity index (χ1v) is 6.62. The summed E-state index contributed by atoms with van der Waals surface area (Å²) >= 11 is 1.37. The first-order valence-electron chi connectivity index (χ1n) is 5.74. The van der Waals surface area contributed by atoms with Crippen LogP contribution >= 0.6 is 11.3 Å². The van der Waals surface area contributed by atoms with E-state index in [1.807, 2.05) is 11.4 Å². The van der Waals surface area contributed by atoms with Crippen LogP contribution in [0.2, 0.25) is 0 Å². The number of hydrogen-bond acceptors (Lipinski definition) is 6. The van der Waals surface area contributed by atoms with Crippen molar-refractivity contribution in [3.8, 4) is 0 Å². The molecule has 0 aliphatic carbocycles. The molecule has 0 aromatic carbocycles. The molecular weight excluding hydrogens is 252 g/mol. The van der Waals surface area contributed by atoms with Crippen molar-refractivity contribution in [2.45, 2.75) is 18.9 Å². The molecule has 18 heavy (non-hydrogen) atoms. The van der Waals surface area contributed by atoms with E-state index in [9.17, 15) is 4.79 Å². The second kappa shape index (κ2) is 4.87. The number of anilines is 1. The minimum absolute atomic E-state index is 0.116. The molecule has 1 saturated heterocycles. The van der Waals surface area contributed by atoms with E-state index in [0.717, 1.165) is 19.4 Å². The van der Waals surface area contributed by atoms with Gasteiger partial charge in [-0.15, -0.1) is 16.4 Å². The van der Waals surface area contributed by atoms with E-state index in [1.54, 1.807) is 6.07 Å². The number of nitrogens with one attached hydrogen (secondary N) is 2. The Hall–Kier alpha value is -1.73. The van der Waals surface area contributed by atoms with Gasteiger partial charge in [0.25, 0.3) is 5.91 Å². The SMILES string of the molecule is O=C(Nc1nnc(C2CCCN2)o1)c1cccs1. The Labute approximate surface area is 107 Å². The van der Waals surface area contributed by atoms with Crippen LogP contribution in [0, 0.1) is 0 Å². The molecule has 1 fully saturated rings. The van der Waals surface area contributed by atoms with Gasteiger partial charge in [0, 0.05) is 0 Å². The summed E-state index contributed by atoms with van der Waals surface area (Å²) in [5.41, 5.74) is 0. The fourth-order valence-corrected chi connectivity index (χ4v) is 2.51. The lowest BCUT2D eigenvalue weighted by Crippen LogP contribution is -2.13. The summed E-state index contributed by atoms with van der Waals surface area (Å²) in [6, 6.07) is 3.83. The van der Waals surface area contributed by atoms with Crippen LogP contribution < -0.4 is 10.6 Å². The van der Waals surface area contributed by atoms with Gasteiger partial charge in [0.2, 0.25) is 5.89 Å². The molecule has 3 heterocycles. The zero-order valence-corrected chi connectivity index (χ0v) is 10.4. The van der Waals surface area contributed by atoms with Gasteiger partial charge in [0.1, 0.15) is 0 Å². The third-order valence-electron chi connectivity index (χ3n) is 2.76. The first kappa shape index (κ1) is 11.4. The quantitative estimate of drug-likeness (QED) is 0.883. The number of hydrogen-bond donors (Lipinski definition) is 2. The third kappa shape index (κ3) is 2.27. The van der Waals surface area contributed by atoms with Gasteiger partial charge in [-0.05, 0) is 30.8 Å². The normalized spacial score (nSPS) is 19.0. The van der Waals surface area contributed by atoms with Crippen LogP contribution in [0.25, 0.3) is 0 Å². The molecular formula is C11H12N4O2S. The van der Waals surface area contributed by atoms with Crippen LogP contribution in [0.1, 0.15) is 34.4 Å². The molecule has 6 nitrogen and oxygen atoms in total. The summed E-state index contributed by atoms with van der Waals surface area (Å²) in [7, 11) is 0.